The van der Waals surface area contributed by atoms with Gasteiger partial charge in [0.15, 0.2) is 11.6 Å². The van der Waals surface area contributed by atoms with Crippen molar-refractivity contribution >= 4 is 5.91 Å². The van der Waals surface area contributed by atoms with Crippen LogP contribution in [0, 0.1) is 17.0 Å². The summed E-state index contributed by atoms with van der Waals surface area (Å²) in [6.07, 6.45) is 4.31. The van der Waals surface area contributed by atoms with E-state index in [1.807, 2.05) is 0 Å². The monoisotopic (exact) mass is 440 g/mol. The quantitative estimate of drug-likeness (QED) is 0.737. The number of rotatable bonds is 6. The van der Waals surface area contributed by atoms with Crippen molar-refractivity contribution in [3.63, 3.8) is 0 Å². The third-order valence-electron chi connectivity index (χ3n) is 6.48. The van der Waals surface area contributed by atoms with Crippen LogP contribution in [-0.4, -0.2) is 79.0 Å². The minimum atomic E-state index is -1.35. The number of halogens is 2. The molecule has 1 aromatic carbocycles. The van der Waals surface area contributed by atoms with Crippen molar-refractivity contribution in [3.05, 3.63) is 29.8 Å². The van der Waals surface area contributed by atoms with E-state index in [0.717, 1.165) is 37.8 Å². The molecule has 1 N–H and O–H groups in total. The van der Waals surface area contributed by atoms with Crippen LogP contribution in [-0.2, 0) is 9.53 Å². The SMILES string of the molecule is COCC(=O)N1CCN(C2CCC(C)(C)CC2)C[C@@](O)(COc2ccc(F)c(F)c2)C1. The maximum absolute atomic E-state index is 13.5. The van der Waals surface area contributed by atoms with Crippen LogP contribution in [0.2, 0.25) is 0 Å². The largest absolute Gasteiger partial charge is 0.490 e. The first kappa shape index (κ1) is 23.9. The number of ether oxygens (including phenoxy) is 2. The average Bonchev–Trinajstić information content (AvgIpc) is 2.89. The van der Waals surface area contributed by atoms with Crippen molar-refractivity contribution in [2.45, 2.75) is 51.2 Å². The number of hydrogen-bond acceptors (Lipinski definition) is 5. The molecule has 3 rings (SSSR count). The van der Waals surface area contributed by atoms with E-state index in [9.17, 15) is 18.7 Å². The van der Waals surface area contributed by atoms with Gasteiger partial charge in [-0.15, -0.1) is 0 Å². The molecule has 1 atom stereocenters. The number of carbonyl (C=O) groups excluding carboxylic acids is 1. The Morgan fingerprint density at radius 3 is 2.52 bits per heavy atom. The molecule has 0 aromatic heterocycles. The number of nitrogens with zero attached hydrogens (tertiary/aromatic N) is 2. The van der Waals surface area contributed by atoms with Gasteiger partial charge in [0.25, 0.3) is 0 Å². The molecule has 6 nitrogen and oxygen atoms in total. The van der Waals surface area contributed by atoms with Gasteiger partial charge in [-0.05, 0) is 43.2 Å². The molecule has 1 aliphatic heterocycles. The van der Waals surface area contributed by atoms with Crippen LogP contribution in [0.15, 0.2) is 18.2 Å². The van der Waals surface area contributed by atoms with E-state index in [1.165, 1.54) is 13.2 Å². The third-order valence-corrected chi connectivity index (χ3v) is 6.48. The predicted octanol–water partition coefficient (Wildman–Crippen LogP) is 2.83. The van der Waals surface area contributed by atoms with E-state index in [1.54, 1.807) is 4.90 Å². The maximum atomic E-state index is 13.5. The van der Waals surface area contributed by atoms with Gasteiger partial charge in [-0.3, -0.25) is 9.69 Å². The summed E-state index contributed by atoms with van der Waals surface area (Å²) >= 11 is 0. The zero-order valence-electron chi connectivity index (χ0n) is 18.7. The lowest BCUT2D eigenvalue weighted by Crippen LogP contribution is -2.54. The van der Waals surface area contributed by atoms with Gasteiger partial charge >= 0.3 is 0 Å². The van der Waals surface area contributed by atoms with Crippen molar-refractivity contribution in [1.29, 1.82) is 0 Å². The average molecular weight is 441 g/mol. The van der Waals surface area contributed by atoms with E-state index in [0.29, 0.717) is 31.1 Å². The molecular formula is C23H34F2N2O4. The molecule has 31 heavy (non-hydrogen) atoms. The lowest BCUT2D eigenvalue weighted by Gasteiger charge is -2.41. The van der Waals surface area contributed by atoms with Gasteiger partial charge in [-0.2, -0.15) is 0 Å². The van der Waals surface area contributed by atoms with Crippen molar-refractivity contribution in [2.24, 2.45) is 5.41 Å². The Bertz CT molecular complexity index is 766. The van der Waals surface area contributed by atoms with E-state index < -0.39 is 17.2 Å². The summed E-state index contributed by atoms with van der Waals surface area (Å²) < 4.78 is 37.4. The number of hydrogen-bond donors (Lipinski definition) is 1. The molecule has 1 saturated carbocycles. The normalized spacial score (nSPS) is 25.3. The van der Waals surface area contributed by atoms with Gasteiger partial charge < -0.3 is 19.5 Å². The van der Waals surface area contributed by atoms with Crippen LogP contribution in [0.5, 0.6) is 5.75 Å². The third kappa shape index (κ3) is 6.37. The van der Waals surface area contributed by atoms with Gasteiger partial charge in [-0.1, -0.05) is 13.8 Å². The molecule has 0 radical (unpaired) electrons. The molecule has 0 spiro atoms. The summed E-state index contributed by atoms with van der Waals surface area (Å²) in [6, 6.07) is 3.62. The Hall–Kier alpha value is -1.77. The second-order valence-corrected chi connectivity index (χ2v) is 9.70. The minimum Gasteiger partial charge on any atom is -0.490 e. The molecule has 1 heterocycles. The highest BCUT2D eigenvalue weighted by atomic mass is 19.2. The summed E-state index contributed by atoms with van der Waals surface area (Å²) in [5.41, 5.74) is -1.02. The predicted molar refractivity (Wildman–Crippen MR) is 113 cm³/mol. The fourth-order valence-corrected chi connectivity index (χ4v) is 4.55. The Morgan fingerprint density at radius 1 is 1.16 bits per heavy atom. The number of benzene rings is 1. The molecule has 2 aliphatic rings. The fourth-order valence-electron chi connectivity index (χ4n) is 4.55. The Balaban J connectivity index is 1.74. The van der Waals surface area contributed by atoms with Crippen LogP contribution in [0.3, 0.4) is 0 Å². The molecule has 0 unspecified atom stereocenters. The molecule has 174 valence electrons. The lowest BCUT2D eigenvalue weighted by molar-refractivity contribution is -0.138. The highest BCUT2D eigenvalue weighted by molar-refractivity contribution is 5.77. The fraction of sp³-hybridized carbons (Fsp3) is 0.696. The van der Waals surface area contributed by atoms with Crippen LogP contribution < -0.4 is 4.74 Å². The van der Waals surface area contributed by atoms with E-state index >= 15 is 0 Å². The summed E-state index contributed by atoms with van der Waals surface area (Å²) in [5.74, 6) is -2.02. The zero-order chi connectivity index (χ0) is 22.6. The molecule has 8 heteroatoms. The minimum absolute atomic E-state index is 0.0578. The van der Waals surface area contributed by atoms with E-state index in [-0.39, 0.29) is 31.4 Å². The Labute approximate surface area is 183 Å². The molecule has 2 fully saturated rings. The molecule has 1 aromatic rings. The molecule has 1 saturated heterocycles. The topological polar surface area (TPSA) is 62.2 Å². The van der Waals surface area contributed by atoms with Crippen LogP contribution in [0.4, 0.5) is 8.78 Å². The Morgan fingerprint density at radius 2 is 1.87 bits per heavy atom. The highest BCUT2D eigenvalue weighted by Crippen LogP contribution is 2.37. The van der Waals surface area contributed by atoms with Crippen molar-refractivity contribution < 1.29 is 28.2 Å². The molecule has 1 amide bonds. The van der Waals surface area contributed by atoms with Crippen LogP contribution in [0.25, 0.3) is 0 Å². The second-order valence-electron chi connectivity index (χ2n) is 9.70. The van der Waals surface area contributed by atoms with Gasteiger partial charge in [0, 0.05) is 38.9 Å². The van der Waals surface area contributed by atoms with Gasteiger partial charge in [0.1, 0.15) is 24.6 Å². The Kier molecular flexibility index (Phi) is 7.55. The summed E-state index contributed by atoms with van der Waals surface area (Å²) in [4.78, 5) is 16.4. The first-order valence-electron chi connectivity index (χ1n) is 10.9. The highest BCUT2D eigenvalue weighted by Gasteiger charge is 2.40. The lowest BCUT2D eigenvalue weighted by atomic mass is 9.75. The standard InChI is InChI=1S/C23H34F2N2O4/c1-22(2)8-6-17(7-9-22)26-10-11-27(21(28)13-30-3)15-23(29,14-26)16-31-18-4-5-19(24)20(25)12-18/h4-5,12,17,29H,6-11,13-16H2,1-3H3/t23-/m0/s1. The summed E-state index contributed by atoms with van der Waals surface area (Å²) in [6.45, 7) is 5.96. The second kappa shape index (κ2) is 9.79. The molecule has 0 bridgehead atoms. The van der Waals surface area contributed by atoms with Crippen molar-refractivity contribution in [2.75, 3.05) is 46.5 Å². The summed E-state index contributed by atoms with van der Waals surface area (Å²) in [5, 5.41) is 11.5. The van der Waals surface area contributed by atoms with Crippen LogP contribution in [0.1, 0.15) is 39.5 Å². The van der Waals surface area contributed by atoms with E-state index in [4.69, 9.17) is 9.47 Å². The van der Waals surface area contributed by atoms with Gasteiger partial charge in [-0.25, -0.2) is 8.78 Å². The molecule has 1 aliphatic carbocycles. The van der Waals surface area contributed by atoms with Crippen molar-refractivity contribution in [1.82, 2.24) is 9.80 Å². The number of amides is 1. The maximum Gasteiger partial charge on any atom is 0.248 e. The summed E-state index contributed by atoms with van der Waals surface area (Å²) in [7, 11) is 1.46. The first-order valence-corrected chi connectivity index (χ1v) is 10.9. The van der Waals surface area contributed by atoms with Crippen molar-refractivity contribution in [3.8, 4) is 5.75 Å². The number of methoxy groups -OCH3 is 1. The molecular weight excluding hydrogens is 406 g/mol. The number of β-amino-alcohol motifs (C(OH)–C–C–N with tert-alkyl or cyclic N) is 1. The number of aliphatic hydroxyl groups is 1. The van der Waals surface area contributed by atoms with Gasteiger partial charge in [0.2, 0.25) is 5.91 Å². The van der Waals surface area contributed by atoms with Crippen LogP contribution >= 0.6 is 0 Å². The first-order chi connectivity index (χ1) is 14.6. The van der Waals surface area contributed by atoms with Gasteiger partial charge in [0.05, 0.1) is 6.54 Å². The van der Waals surface area contributed by atoms with E-state index in [2.05, 4.69) is 18.7 Å². The zero-order valence-corrected chi connectivity index (χ0v) is 18.7. The number of carbonyl (C=O) groups is 1. The smallest absolute Gasteiger partial charge is 0.248 e.